The highest BCUT2D eigenvalue weighted by molar-refractivity contribution is 5.76. The van der Waals surface area contributed by atoms with Gasteiger partial charge in [0.2, 0.25) is 0 Å². The summed E-state index contributed by atoms with van der Waals surface area (Å²) < 4.78 is 10.2. The quantitative estimate of drug-likeness (QED) is 0.809. The van der Waals surface area contributed by atoms with Gasteiger partial charge in [-0.2, -0.15) is 0 Å². The average molecular weight is 285 g/mol. The van der Waals surface area contributed by atoms with Crippen LogP contribution in [0.3, 0.4) is 0 Å². The van der Waals surface area contributed by atoms with Crippen molar-refractivity contribution >= 4 is 12.1 Å². The molecule has 0 aromatic carbocycles. The minimum Gasteiger partial charge on any atom is -0.469 e. The van der Waals surface area contributed by atoms with Crippen LogP contribution in [0, 0.1) is 5.92 Å². The van der Waals surface area contributed by atoms with Crippen LogP contribution in [0.25, 0.3) is 0 Å². The van der Waals surface area contributed by atoms with Crippen LogP contribution in [0.1, 0.15) is 59.8 Å². The number of carbonyl (C=O) groups excluding carboxylic acids is 2. The lowest BCUT2D eigenvalue weighted by Gasteiger charge is -2.41. The Morgan fingerprint density at radius 3 is 2.15 bits per heavy atom. The molecule has 1 fully saturated rings. The molecule has 1 rings (SSSR count). The summed E-state index contributed by atoms with van der Waals surface area (Å²) in [6.45, 7) is 7.28. The summed E-state index contributed by atoms with van der Waals surface area (Å²) in [5.41, 5.74) is -1.10. The van der Waals surface area contributed by atoms with Crippen LogP contribution in [0.4, 0.5) is 4.79 Å². The van der Waals surface area contributed by atoms with Crippen LogP contribution in [0.5, 0.6) is 0 Å². The van der Waals surface area contributed by atoms with Crippen LogP contribution in [-0.2, 0) is 14.3 Å². The number of alkyl carbamates (subject to hydrolysis) is 1. The summed E-state index contributed by atoms with van der Waals surface area (Å²) in [4.78, 5) is 23.9. The fourth-order valence-electron chi connectivity index (χ4n) is 2.76. The maximum absolute atomic E-state index is 12.1. The Morgan fingerprint density at radius 1 is 1.15 bits per heavy atom. The van der Waals surface area contributed by atoms with E-state index >= 15 is 0 Å². The first-order valence-corrected chi connectivity index (χ1v) is 7.29. The Bertz CT molecular complexity index is 353. The molecule has 1 saturated carbocycles. The highest BCUT2D eigenvalue weighted by Crippen LogP contribution is 2.35. The van der Waals surface area contributed by atoms with Crippen molar-refractivity contribution in [3.63, 3.8) is 0 Å². The van der Waals surface area contributed by atoms with E-state index in [1.165, 1.54) is 7.11 Å². The molecule has 0 bridgehead atoms. The molecule has 0 saturated heterocycles. The van der Waals surface area contributed by atoms with Gasteiger partial charge in [0.05, 0.1) is 18.6 Å². The number of methoxy groups -OCH3 is 1. The third kappa shape index (κ3) is 4.39. The maximum Gasteiger partial charge on any atom is 0.408 e. The van der Waals surface area contributed by atoms with Crippen LogP contribution in [0.2, 0.25) is 0 Å². The highest BCUT2D eigenvalue weighted by Gasteiger charge is 2.43. The fourth-order valence-corrected chi connectivity index (χ4v) is 2.76. The summed E-state index contributed by atoms with van der Waals surface area (Å²) in [5, 5.41) is 2.94. The van der Waals surface area contributed by atoms with Gasteiger partial charge in [0, 0.05) is 0 Å². The van der Waals surface area contributed by atoms with Gasteiger partial charge in [0.15, 0.2) is 0 Å². The molecule has 5 nitrogen and oxygen atoms in total. The molecule has 0 aromatic heterocycles. The van der Waals surface area contributed by atoms with E-state index in [1.807, 2.05) is 27.7 Å². The zero-order valence-electron chi connectivity index (χ0n) is 13.2. The van der Waals surface area contributed by atoms with Crippen molar-refractivity contribution < 1.29 is 19.1 Å². The van der Waals surface area contributed by atoms with E-state index in [4.69, 9.17) is 9.47 Å². The fraction of sp³-hybridized carbons (Fsp3) is 0.867. The Hall–Kier alpha value is -1.26. The molecule has 0 aromatic rings. The van der Waals surface area contributed by atoms with Crippen molar-refractivity contribution in [3.05, 3.63) is 0 Å². The van der Waals surface area contributed by atoms with Gasteiger partial charge >= 0.3 is 12.1 Å². The summed E-state index contributed by atoms with van der Waals surface area (Å²) >= 11 is 0. The number of rotatable bonds is 3. The van der Waals surface area contributed by atoms with Gasteiger partial charge in [-0.25, -0.2) is 4.79 Å². The van der Waals surface area contributed by atoms with E-state index in [2.05, 4.69) is 5.32 Å². The predicted molar refractivity (Wildman–Crippen MR) is 76.4 cm³/mol. The Kier molecular flexibility index (Phi) is 5.42. The average Bonchev–Trinajstić information content (AvgIpc) is 2.35. The molecular weight excluding hydrogens is 258 g/mol. The predicted octanol–water partition coefficient (Wildman–Crippen LogP) is 3.02. The third-order valence-corrected chi connectivity index (χ3v) is 3.88. The van der Waals surface area contributed by atoms with Gasteiger partial charge in [-0.05, 0) is 40.5 Å². The largest absolute Gasteiger partial charge is 0.469 e. The van der Waals surface area contributed by atoms with Gasteiger partial charge < -0.3 is 14.8 Å². The first-order valence-electron chi connectivity index (χ1n) is 7.29. The molecule has 1 aliphatic rings. The minimum absolute atomic E-state index is 0.289. The summed E-state index contributed by atoms with van der Waals surface area (Å²) in [7, 11) is 1.38. The lowest BCUT2D eigenvalue weighted by atomic mass is 9.73. The van der Waals surface area contributed by atoms with Gasteiger partial charge in [0.25, 0.3) is 0 Å². The molecule has 20 heavy (non-hydrogen) atoms. The lowest BCUT2D eigenvalue weighted by Crippen LogP contribution is -2.57. The zero-order chi connectivity index (χ0) is 15.4. The normalized spacial score (nSPS) is 19.9. The molecule has 116 valence electrons. The van der Waals surface area contributed by atoms with Crippen LogP contribution >= 0.6 is 0 Å². The number of nitrogens with one attached hydrogen (secondary N) is 1. The Balaban J connectivity index is 2.83. The molecule has 1 aliphatic carbocycles. The molecule has 0 heterocycles. The van der Waals surface area contributed by atoms with Crippen molar-refractivity contribution in [1.82, 2.24) is 5.32 Å². The van der Waals surface area contributed by atoms with E-state index in [0.29, 0.717) is 0 Å². The molecule has 1 N–H and O–H groups in total. The molecule has 1 unspecified atom stereocenters. The molecule has 0 spiro atoms. The number of amides is 1. The highest BCUT2D eigenvalue weighted by atomic mass is 16.6. The molecular formula is C15H27NO4. The monoisotopic (exact) mass is 285 g/mol. The van der Waals surface area contributed by atoms with Crippen molar-refractivity contribution in [2.75, 3.05) is 7.11 Å². The third-order valence-electron chi connectivity index (χ3n) is 3.88. The van der Waals surface area contributed by atoms with Crippen LogP contribution < -0.4 is 5.32 Å². The summed E-state index contributed by atoms with van der Waals surface area (Å²) in [5.74, 6) is -0.664. The van der Waals surface area contributed by atoms with Gasteiger partial charge in [-0.3, -0.25) is 4.79 Å². The van der Waals surface area contributed by atoms with E-state index in [-0.39, 0.29) is 11.9 Å². The Labute approximate surface area is 121 Å². The van der Waals surface area contributed by atoms with Crippen molar-refractivity contribution in [2.24, 2.45) is 5.92 Å². The van der Waals surface area contributed by atoms with Gasteiger partial charge in [-0.1, -0.05) is 19.3 Å². The van der Waals surface area contributed by atoms with Crippen molar-refractivity contribution in [1.29, 1.82) is 0 Å². The smallest absolute Gasteiger partial charge is 0.408 e. The number of carbonyl (C=O) groups is 2. The van der Waals surface area contributed by atoms with Gasteiger partial charge in [-0.15, -0.1) is 0 Å². The van der Waals surface area contributed by atoms with Crippen molar-refractivity contribution in [2.45, 2.75) is 70.9 Å². The topological polar surface area (TPSA) is 64.6 Å². The molecule has 0 radical (unpaired) electrons. The molecule has 0 aliphatic heterocycles. The number of esters is 1. The zero-order valence-corrected chi connectivity index (χ0v) is 13.2. The second kappa shape index (κ2) is 6.46. The maximum atomic E-state index is 12.1. The van der Waals surface area contributed by atoms with E-state index in [1.54, 1.807) is 0 Å². The van der Waals surface area contributed by atoms with Crippen LogP contribution in [-0.4, -0.2) is 30.3 Å². The summed E-state index contributed by atoms with van der Waals surface area (Å²) in [6.07, 6.45) is 4.22. The molecule has 1 amide bonds. The first kappa shape index (κ1) is 16.8. The minimum atomic E-state index is -0.548. The molecule has 1 atom stereocenters. The Morgan fingerprint density at radius 2 is 1.70 bits per heavy atom. The van der Waals surface area contributed by atoms with E-state index in [0.717, 1.165) is 32.1 Å². The second-order valence-electron chi connectivity index (χ2n) is 6.59. The number of hydrogen-bond acceptors (Lipinski definition) is 4. The van der Waals surface area contributed by atoms with Crippen molar-refractivity contribution in [3.8, 4) is 0 Å². The molecule has 5 heteroatoms. The number of hydrogen-bond donors (Lipinski definition) is 1. The SMILES string of the molecule is COC(=O)C(C)C1(NC(=O)OC(C)(C)C)CCCCC1. The standard InChI is InChI=1S/C15H27NO4/c1-11(12(17)19-5)15(9-7-6-8-10-15)16-13(18)20-14(2,3)4/h11H,6-10H2,1-5H3,(H,16,18). The summed E-state index contributed by atoms with van der Waals surface area (Å²) in [6, 6.07) is 0. The van der Waals surface area contributed by atoms with E-state index in [9.17, 15) is 9.59 Å². The number of ether oxygens (including phenoxy) is 2. The van der Waals surface area contributed by atoms with E-state index < -0.39 is 17.2 Å². The second-order valence-corrected chi connectivity index (χ2v) is 6.59. The first-order chi connectivity index (χ1) is 9.20. The van der Waals surface area contributed by atoms with Gasteiger partial charge in [0.1, 0.15) is 5.60 Å². The lowest BCUT2D eigenvalue weighted by molar-refractivity contribution is -0.148. The van der Waals surface area contributed by atoms with Crippen LogP contribution in [0.15, 0.2) is 0 Å².